The fourth-order valence-electron chi connectivity index (χ4n) is 4.40. The van der Waals surface area contributed by atoms with Crippen LogP contribution in [-0.2, 0) is 12.8 Å². The molecule has 1 aromatic heterocycles. The smallest absolute Gasteiger partial charge is 0.392 e. The summed E-state index contributed by atoms with van der Waals surface area (Å²) in [6.07, 6.45) is 1.72. The van der Waals surface area contributed by atoms with Gasteiger partial charge >= 0.3 is 6.18 Å². The third kappa shape index (κ3) is 5.62. The van der Waals surface area contributed by atoms with Gasteiger partial charge in [0.05, 0.1) is 26.2 Å². The lowest BCUT2D eigenvalue weighted by Crippen LogP contribution is -2.29. The molecule has 0 saturated carbocycles. The average Bonchev–Trinajstić information content (AvgIpc) is 3.16. The van der Waals surface area contributed by atoms with E-state index >= 15 is 0 Å². The van der Waals surface area contributed by atoms with Crippen LogP contribution in [0.1, 0.15) is 37.1 Å². The number of aliphatic hydroxyl groups excluding tert-OH is 1. The van der Waals surface area contributed by atoms with Gasteiger partial charge in [-0.05, 0) is 68.5 Å². The Morgan fingerprint density at radius 2 is 1.85 bits per heavy atom. The molecule has 0 spiro atoms. The second-order valence-electron chi connectivity index (χ2n) is 8.09. The number of alkyl halides is 3. The normalized spacial score (nSPS) is 17.7. The number of fused-ring (bicyclic) bond motifs is 1. The molecule has 33 heavy (non-hydrogen) atoms. The average molecular weight is 466 g/mol. The van der Waals surface area contributed by atoms with Gasteiger partial charge in [0, 0.05) is 17.0 Å². The monoisotopic (exact) mass is 465 g/mol. The standard InChI is InChI=1S/C25H30F3NO4/c1-4-5-6-19(9-12-24(30)31)29-20-10-8-18(25(26,27)28)13-17(20)14-21(29)16-7-11-22(32-2)23(15-16)33-3/h4-5,7,9,11-12,14-15,18-19,24,30-31H,6,8,10,13H2,1-3H3/b5-4-,12-9+. The van der Waals surface area contributed by atoms with Crippen LogP contribution in [0.5, 0.6) is 11.5 Å². The number of halogens is 3. The van der Waals surface area contributed by atoms with Gasteiger partial charge in [0.15, 0.2) is 17.8 Å². The first-order chi connectivity index (χ1) is 15.7. The number of nitrogens with zero attached hydrogens (tertiary/aromatic N) is 1. The molecule has 0 amide bonds. The van der Waals surface area contributed by atoms with Crippen molar-refractivity contribution in [1.29, 1.82) is 0 Å². The maximum absolute atomic E-state index is 13.5. The second-order valence-corrected chi connectivity index (χ2v) is 8.09. The molecule has 2 N–H and O–H groups in total. The first-order valence-electron chi connectivity index (χ1n) is 10.9. The van der Waals surface area contributed by atoms with Crippen molar-refractivity contribution in [3.8, 4) is 22.8 Å². The minimum absolute atomic E-state index is 0.0224. The SMILES string of the molecule is C/C=C\CC(/C=C/C(O)O)n1c(-c2ccc(OC)c(OC)c2)cc2c1CCC(C(F)(F)F)C2. The number of allylic oxidation sites excluding steroid dienone is 3. The lowest BCUT2D eigenvalue weighted by molar-refractivity contribution is -0.177. The number of benzene rings is 1. The van der Waals surface area contributed by atoms with Crippen LogP contribution in [-0.4, -0.2) is 41.5 Å². The number of aliphatic hydroxyl groups is 2. The number of rotatable bonds is 8. The van der Waals surface area contributed by atoms with Crippen LogP contribution in [0, 0.1) is 5.92 Å². The molecule has 2 atom stereocenters. The molecular weight excluding hydrogens is 435 g/mol. The molecule has 2 unspecified atom stereocenters. The fraction of sp³-hybridized carbons (Fsp3) is 0.440. The van der Waals surface area contributed by atoms with Crippen LogP contribution in [0.2, 0.25) is 0 Å². The van der Waals surface area contributed by atoms with E-state index in [0.717, 1.165) is 17.0 Å². The Bertz CT molecular complexity index is 1010. The van der Waals surface area contributed by atoms with Gasteiger partial charge in [-0.25, -0.2) is 0 Å². The molecule has 1 aromatic carbocycles. The molecule has 0 aliphatic heterocycles. The summed E-state index contributed by atoms with van der Waals surface area (Å²) in [6.45, 7) is 1.88. The number of ether oxygens (including phenoxy) is 2. The van der Waals surface area contributed by atoms with Gasteiger partial charge in [-0.1, -0.05) is 18.2 Å². The van der Waals surface area contributed by atoms with E-state index in [-0.39, 0.29) is 25.3 Å². The highest BCUT2D eigenvalue weighted by molar-refractivity contribution is 5.67. The molecule has 0 bridgehead atoms. The van der Waals surface area contributed by atoms with E-state index in [4.69, 9.17) is 9.47 Å². The lowest BCUT2D eigenvalue weighted by Gasteiger charge is -2.28. The first kappa shape index (κ1) is 24.9. The Balaban J connectivity index is 2.18. The molecule has 0 saturated heterocycles. The van der Waals surface area contributed by atoms with Crippen molar-refractivity contribution in [3.63, 3.8) is 0 Å². The Morgan fingerprint density at radius 3 is 2.45 bits per heavy atom. The van der Waals surface area contributed by atoms with Crippen LogP contribution < -0.4 is 9.47 Å². The fourth-order valence-corrected chi connectivity index (χ4v) is 4.40. The van der Waals surface area contributed by atoms with Crippen molar-refractivity contribution >= 4 is 0 Å². The predicted molar refractivity (Wildman–Crippen MR) is 120 cm³/mol. The van der Waals surface area contributed by atoms with Gasteiger partial charge in [-0.15, -0.1) is 0 Å². The predicted octanol–water partition coefficient (Wildman–Crippen LogP) is 5.21. The molecule has 1 aliphatic carbocycles. The highest BCUT2D eigenvalue weighted by Gasteiger charge is 2.42. The van der Waals surface area contributed by atoms with E-state index in [1.165, 1.54) is 20.3 Å². The van der Waals surface area contributed by atoms with E-state index in [1.807, 2.05) is 35.8 Å². The van der Waals surface area contributed by atoms with Gasteiger partial charge < -0.3 is 24.3 Å². The van der Waals surface area contributed by atoms with Crippen molar-refractivity contribution < 1.29 is 32.9 Å². The van der Waals surface area contributed by atoms with Crippen LogP contribution >= 0.6 is 0 Å². The third-order valence-corrected chi connectivity index (χ3v) is 6.02. The zero-order valence-electron chi connectivity index (χ0n) is 19.0. The quantitative estimate of drug-likeness (QED) is 0.415. The van der Waals surface area contributed by atoms with Crippen molar-refractivity contribution in [2.45, 2.75) is 51.1 Å². The number of hydrogen-bond donors (Lipinski definition) is 2. The van der Waals surface area contributed by atoms with Crippen LogP contribution in [0.15, 0.2) is 48.6 Å². The third-order valence-electron chi connectivity index (χ3n) is 6.02. The van der Waals surface area contributed by atoms with Crippen molar-refractivity contribution in [2.75, 3.05) is 14.2 Å². The molecule has 0 radical (unpaired) electrons. The topological polar surface area (TPSA) is 63.9 Å². The molecule has 1 heterocycles. The molecule has 1 aliphatic rings. The molecular formula is C25H30F3NO4. The largest absolute Gasteiger partial charge is 0.493 e. The van der Waals surface area contributed by atoms with Crippen molar-refractivity contribution in [1.82, 2.24) is 4.57 Å². The van der Waals surface area contributed by atoms with Gasteiger partial charge in [0.1, 0.15) is 0 Å². The summed E-state index contributed by atoms with van der Waals surface area (Å²) >= 11 is 0. The van der Waals surface area contributed by atoms with E-state index in [0.29, 0.717) is 23.5 Å². The van der Waals surface area contributed by atoms with Crippen molar-refractivity contribution in [3.05, 3.63) is 59.8 Å². The molecule has 8 heteroatoms. The summed E-state index contributed by atoms with van der Waals surface area (Å²) in [6, 6.07) is 6.92. The Morgan fingerprint density at radius 1 is 1.12 bits per heavy atom. The van der Waals surface area contributed by atoms with Crippen molar-refractivity contribution in [2.24, 2.45) is 5.92 Å². The summed E-state index contributed by atoms with van der Waals surface area (Å²) in [7, 11) is 3.06. The number of methoxy groups -OCH3 is 2. The van der Waals surface area contributed by atoms with Gasteiger partial charge in [0.25, 0.3) is 0 Å². The maximum atomic E-state index is 13.5. The zero-order valence-corrected chi connectivity index (χ0v) is 19.0. The van der Waals surface area contributed by atoms with Gasteiger partial charge in [-0.3, -0.25) is 0 Å². The van der Waals surface area contributed by atoms with Crippen LogP contribution in [0.25, 0.3) is 11.3 Å². The summed E-state index contributed by atoms with van der Waals surface area (Å²) in [5, 5.41) is 18.8. The van der Waals surface area contributed by atoms with E-state index < -0.39 is 18.4 Å². The molecule has 3 rings (SSSR count). The minimum atomic E-state index is -4.24. The lowest BCUT2D eigenvalue weighted by atomic mass is 9.87. The highest BCUT2D eigenvalue weighted by atomic mass is 19.4. The number of aromatic nitrogens is 1. The second kappa shape index (κ2) is 10.5. The maximum Gasteiger partial charge on any atom is 0.392 e. The van der Waals surface area contributed by atoms with Crippen LogP contribution in [0.4, 0.5) is 13.2 Å². The van der Waals surface area contributed by atoms with E-state index in [1.54, 1.807) is 18.2 Å². The Labute approximate surface area is 191 Å². The minimum Gasteiger partial charge on any atom is -0.493 e. The zero-order chi connectivity index (χ0) is 24.2. The molecule has 180 valence electrons. The Kier molecular flexibility index (Phi) is 7.92. The summed E-state index contributed by atoms with van der Waals surface area (Å²) in [5.74, 6) is -0.307. The van der Waals surface area contributed by atoms with Crippen LogP contribution in [0.3, 0.4) is 0 Å². The summed E-state index contributed by atoms with van der Waals surface area (Å²) in [5.41, 5.74) is 3.02. The first-order valence-corrected chi connectivity index (χ1v) is 10.9. The Hall–Kier alpha value is -2.71. The highest BCUT2D eigenvalue weighted by Crippen LogP contribution is 2.42. The van der Waals surface area contributed by atoms with E-state index in [2.05, 4.69) is 0 Å². The summed E-state index contributed by atoms with van der Waals surface area (Å²) in [4.78, 5) is 0. The molecule has 0 fully saturated rings. The van der Waals surface area contributed by atoms with Gasteiger partial charge in [0.2, 0.25) is 0 Å². The van der Waals surface area contributed by atoms with Gasteiger partial charge in [-0.2, -0.15) is 13.2 Å². The number of hydrogen-bond acceptors (Lipinski definition) is 4. The summed E-state index contributed by atoms with van der Waals surface area (Å²) < 4.78 is 53.2. The molecule has 2 aromatic rings. The van der Waals surface area contributed by atoms with E-state index in [9.17, 15) is 23.4 Å². The molecule has 5 nitrogen and oxygen atoms in total.